The van der Waals surface area contributed by atoms with Crippen molar-refractivity contribution in [3.8, 4) is 5.95 Å². The van der Waals surface area contributed by atoms with E-state index in [0.717, 1.165) is 6.42 Å². The van der Waals surface area contributed by atoms with Crippen LogP contribution < -0.4 is 16.0 Å². The summed E-state index contributed by atoms with van der Waals surface area (Å²) in [7, 11) is 0. The highest BCUT2D eigenvalue weighted by Gasteiger charge is 2.30. The topological polar surface area (TPSA) is 133 Å². The van der Waals surface area contributed by atoms with Crippen molar-refractivity contribution < 1.29 is 14.7 Å². The molecular formula is C19H22N5O4-. The molecule has 148 valence electrons. The average Bonchev–Trinajstić information content (AvgIpc) is 3.01. The molecule has 0 spiro atoms. The third kappa shape index (κ3) is 4.19. The number of anilines is 1. The van der Waals surface area contributed by atoms with Gasteiger partial charge in [-0.25, -0.2) is 4.98 Å². The number of aromatic amines is 1. The summed E-state index contributed by atoms with van der Waals surface area (Å²) in [5.74, 6) is -2.80. The van der Waals surface area contributed by atoms with E-state index < -0.39 is 23.7 Å². The molecule has 28 heavy (non-hydrogen) atoms. The lowest BCUT2D eigenvalue weighted by Gasteiger charge is -2.28. The van der Waals surface area contributed by atoms with Gasteiger partial charge in [0.25, 0.3) is 5.56 Å². The van der Waals surface area contributed by atoms with Gasteiger partial charge in [-0.15, -0.1) is 0 Å². The fraction of sp³-hybridized carbons (Fsp3) is 0.421. The second-order valence-electron chi connectivity index (χ2n) is 6.86. The molecule has 9 nitrogen and oxygen atoms in total. The fourth-order valence-corrected chi connectivity index (χ4v) is 3.31. The van der Waals surface area contributed by atoms with E-state index >= 15 is 0 Å². The number of nitrogens with one attached hydrogen (secondary N) is 2. The van der Waals surface area contributed by atoms with Gasteiger partial charge < -0.3 is 15.2 Å². The van der Waals surface area contributed by atoms with E-state index in [0.29, 0.717) is 30.0 Å². The second kappa shape index (κ2) is 8.20. The quantitative estimate of drug-likeness (QED) is 0.696. The minimum Gasteiger partial charge on any atom is -0.550 e. The van der Waals surface area contributed by atoms with E-state index in [-0.39, 0.29) is 17.9 Å². The molecule has 0 aromatic carbocycles. The first-order valence-electron chi connectivity index (χ1n) is 9.23. The van der Waals surface area contributed by atoms with Gasteiger partial charge in [-0.05, 0) is 26.2 Å². The molecule has 0 unspecified atom stereocenters. The Morgan fingerprint density at radius 2 is 2.00 bits per heavy atom. The van der Waals surface area contributed by atoms with Crippen LogP contribution in [-0.2, 0) is 16.0 Å². The van der Waals surface area contributed by atoms with Crippen LogP contribution in [0.15, 0.2) is 29.1 Å². The summed E-state index contributed by atoms with van der Waals surface area (Å²) in [6, 6.07) is 3.07. The molecule has 2 atom stereocenters. The van der Waals surface area contributed by atoms with Gasteiger partial charge in [0.05, 0.1) is 11.6 Å². The van der Waals surface area contributed by atoms with Crippen LogP contribution >= 0.6 is 0 Å². The first-order chi connectivity index (χ1) is 13.4. The van der Waals surface area contributed by atoms with Gasteiger partial charge in [0.2, 0.25) is 11.9 Å². The highest BCUT2D eigenvalue weighted by atomic mass is 16.4. The molecule has 1 amide bonds. The van der Waals surface area contributed by atoms with Crippen molar-refractivity contribution in [2.24, 2.45) is 11.8 Å². The zero-order valence-electron chi connectivity index (χ0n) is 15.8. The predicted molar refractivity (Wildman–Crippen MR) is 99.7 cm³/mol. The Kier molecular flexibility index (Phi) is 5.72. The standard InChI is InChI=1S/C19H23N5O4/c1-3-6-12-10-16(25)22-19(20-12)24-15(9-11(2)23-24)21-17(26)13-7-4-5-8-14(13)18(27)28/h4-5,9-10,13-14H,3,6-8H2,1-2H3,(H,21,26)(H,27,28)(H,20,22,25)/p-1/t13-,14-/m0/s1. The van der Waals surface area contributed by atoms with Crippen molar-refractivity contribution in [2.75, 3.05) is 5.32 Å². The first-order valence-corrected chi connectivity index (χ1v) is 9.23. The highest BCUT2D eigenvalue weighted by molar-refractivity contribution is 5.94. The van der Waals surface area contributed by atoms with E-state index in [1.165, 1.54) is 10.7 Å². The molecular weight excluding hydrogens is 362 g/mol. The molecule has 3 rings (SSSR count). The van der Waals surface area contributed by atoms with Gasteiger partial charge in [-0.2, -0.15) is 9.78 Å². The van der Waals surface area contributed by atoms with E-state index in [4.69, 9.17) is 0 Å². The predicted octanol–water partition coefficient (Wildman–Crippen LogP) is 0.487. The maximum Gasteiger partial charge on any atom is 0.252 e. The summed E-state index contributed by atoms with van der Waals surface area (Å²) in [6.45, 7) is 3.73. The Morgan fingerprint density at radius 3 is 2.68 bits per heavy atom. The summed E-state index contributed by atoms with van der Waals surface area (Å²) in [6.07, 6.45) is 5.58. The molecule has 1 aliphatic carbocycles. The maximum atomic E-state index is 12.7. The SMILES string of the molecule is CCCc1cc(=O)[nH]c(-n2nc(C)cc2NC(=O)[C@H]2CC=CC[C@@H]2C(=O)[O-])n1. The Bertz CT molecular complexity index is 975. The minimum atomic E-state index is -1.24. The van der Waals surface area contributed by atoms with Crippen LogP contribution in [0.25, 0.3) is 5.95 Å². The summed E-state index contributed by atoms with van der Waals surface area (Å²) < 4.78 is 1.35. The molecule has 0 bridgehead atoms. The number of carbonyl (C=O) groups excluding carboxylic acids is 2. The van der Waals surface area contributed by atoms with Gasteiger partial charge >= 0.3 is 0 Å². The Balaban J connectivity index is 1.91. The largest absolute Gasteiger partial charge is 0.550 e. The maximum absolute atomic E-state index is 12.7. The normalized spacial score (nSPS) is 18.8. The number of H-pyrrole nitrogens is 1. The van der Waals surface area contributed by atoms with Crippen molar-refractivity contribution >= 4 is 17.7 Å². The van der Waals surface area contributed by atoms with Gasteiger partial charge in [-0.3, -0.25) is 14.6 Å². The van der Waals surface area contributed by atoms with Crippen LogP contribution in [0.5, 0.6) is 0 Å². The first kappa shape index (κ1) is 19.5. The van der Waals surface area contributed by atoms with Crippen molar-refractivity contribution in [1.29, 1.82) is 0 Å². The summed E-state index contributed by atoms with van der Waals surface area (Å²) in [4.78, 5) is 43.1. The molecule has 9 heteroatoms. The van der Waals surface area contributed by atoms with Gasteiger partial charge in [-0.1, -0.05) is 25.5 Å². The molecule has 2 aromatic rings. The number of carboxylic acid groups (broad SMARTS) is 1. The molecule has 2 N–H and O–H groups in total. The Labute approximate surface area is 161 Å². The number of hydrogen-bond donors (Lipinski definition) is 2. The number of carboxylic acids is 1. The molecule has 0 fully saturated rings. The summed E-state index contributed by atoms with van der Waals surface area (Å²) >= 11 is 0. The zero-order valence-corrected chi connectivity index (χ0v) is 15.8. The molecule has 2 aromatic heterocycles. The summed E-state index contributed by atoms with van der Waals surface area (Å²) in [5.41, 5.74) is 0.924. The number of allylic oxidation sites excluding steroid dienone is 2. The number of carbonyl (C=O) groups is 2. The van der Waals surface area contributed by atoms with Gasteiger partial charge in [0.1, 0.15) is 5.82 Å². The van der Waals surface area contributed by atoms with E-state index in [9.17, 15) is 19.5 Å². The zero-order chi connectivity index (χ0) is 20.3. The van der Waals surface area contributed by atoms with Crippen LogP contribution in [-0.4, -0.2) is 31.6 Å². The van der Waals surface area contributed by atoms with E-state index in [1.807, 2.05) is 6.92 Å². The lowest BCUT2D eigenvalue weighted by atomic mass is 9.82. The minimum absolute atomic E-state index is 0.194. The second-order valence-corrected chi connectivity index (χ2v) is 6.86. The Hall–Kier alpha value is -3.23. The molecule has 0 saturated carbocycles. The Morgan fingerprint density at radius 1 is 1.29 bits per heavy atom. The molecule has 1 aliphatic rings. The van der Waals surface area contributed by atoms with E-state index in [1.54, 1.807) is 25.1 Å². The van der Waals surface area contributed by atoms with Crippen LogP contribution in [0, 0.1) is 18.8 Å². The summed E-state index contributed by atoms with van der Waals surface area (Å²) in [5, 5.41) is 18.4. The number of aryl methyl sites for hydroxylation is 2. The van der Waals surface area contributed by atoms with Gasteiger partial charge in [0, 0.05) is 29.7 Å². The van der Waals surface area contributed by atoms with Crippen molar-refractivity contribution in [1.82, 2.24) is 19.7 Å². The third-order valence-electron chi connectivity index (χ3n) is 4.64. The van der Waals surface area contributed by atoms with Crippen LogP contribution in [0.3, 0.4) is 0 Å². The molecule has 0 radical (unpaired) electrons. The number of hydrogen-bond acceptors (Lipinski definition) is 6. The van der Waals surface area contributed by atoms with E-state index in [2.05, 4.69) is 20.4 Å². The van der Waals surface area contributed by atoms with Crippen LogP contribution in [0.1, 0.15) is 37.6 Å². The smallest absolute Gasteiger partial charge is 0.252 e. The number of amides is 1. The fourth-order valence-electron chi connectivity index (χ4n) is 3.31. The number of rotatable bonds is 6. The molecule has 0 saturated heterocycles. The van der Waals surface area contributed by atoms with Crippen molar-refractivity contribution in [3.63, 3.8) is 0 Å². The third-order valence-corrected chi connectivity index (χ3v) is 4.64. The number of aromatic nitrogens is 4. The number of nitrogens with zero attached hydrogens (tertiary/aromatic N) is 3. The van der Waals surface area contributed by atoms with Crippen molar-refractivity contribution in [3.05, 3.63) is 46.0 Å². The number of aliphatic carboxylic acids is 1. The molecule has 2 heterocycles. The van der Waals surface area contributed by atoms with Crippen LogP contribution in [0.4, 0.5) is 5.82 Å². The van der Waals surface area contributed by atoms with Gasteiger partial charge in [0.15, 0.2) is 0 Å². The monoisotopic (exact) mass is 384 g/mol. The highest BCUT2D eigenvalue weighted by Crippen LogP contribution is 2.27. The lowest BCUT2D eigenvalue weighted by Crippen LogP contribution is -2.41. The lowest BCUT2D eigenvalue weighted by molar-refractivity contribution is -0.313. The average molecular weight is 384 g/mol. The van der Waals surface area contributed by atoms with Crippen LogP contribution in [0.2, 0.25) is 0 Å². The molecule has 0 aliphatic heterocycles. The van der Waals surface area contributed by atoms with Crippen molar-refractivity contribution in [2.45, 2.75) is 39.5 Å².